The van der Waals surface area contributed by atoms with Crippen molar-refractivity contribution in [3.63, 3.8) is 0 Å². The minimum Gasteiger partial charge on any atom is -0.466 e. The normalized spacial score (nSPS) is 17.8. The van der Waals surface area contributed by atoms with Gasteiger partial charge in [0.25, 0.3) is 5.88 Å². The first-order valence-electron chi connectivity index (χ1n) is 8.19. The Labute approximate surface area is 150 Å². The molecule has 1 aromatic heterocycles. The van der Waals surface area contributed by atoms with Crippen LogP contribution in [-0.2, 0) is 0 Å². The molecule has 1 aliphatic rings. The fourth-order valence-corrected chi connectivity index (χ4v) is 3.63. The van der Waals surface area contributed by atoms with Crippen molar-refractivity contribution in [1.29, 1.82) is 0 Å². The molecule has 7 heteroatoms. The van der Waals surface area contributed by atoms with Gasteiger partial charge in [0, 0.05) is 23.2 Å². The summed E-state index contributed by atoms with van der Waals surface area (Å²) in [7, 11) is 0. The highest BCUT2D eigenvalue weighted by Gasteiger charge is 2.26. The maximum absolute atomic E-state index is 12.2. The molecule has 0 N–H and O–H groups in total. The van der Waals surface area contributed by atoms with Gasteiger partial charge >= 0.3 is 0 Å². The molecular weight excluding hydrogens is 346 g/mol. The van der Waals surface area contributed by atoms with Gasteiger partial charge in [-0.15, -0.1) is 4.37 Å². The third-order valence-electron chi connectivity index (χ3n) is 4.32. The molecule has 5 nitrogen and oxygen atoms in total. The van der Waals surface area contributed by atoms with Crippen LogP contribution in [0, 0.1) is 0 Å². The van der Waals surface area contributed by atoms with Gasteiger partial charge < -0.3 is 9.64 Å². The van der Waals surface area contributed by atoms with E-state index < -0.39 is 0 Å². The van der Waals surface area contributed by atoms with E-state index in [9.17, 15) is 4.79 Å². The molecule has 128 valence electrons. The van der Waals surface area contributed by atoms with Crippen LogP contribution in [0.5, 0.6) is 5.88 Å². The number of hydrogen-bond donors (Lipinski definition) is 0. The molecule has 0 radical (unpaired) electrons. The number of benzene rings is 1. The number of carbonyl (C=O) groups excluding carboxylic acids is 1. The van der Waals surface area contributed by atoms with E-state index >= 15 is 0 Å². The van der Waals surface area contributed by atoms with Gasteiger partial charge in [-0.1, -0.05) is 18.5 Å². The molecule has 3 rings (SSSR count). The van der Waals surface area contributed by atoms with Gasteiger partial charge in [-0.3, -0.25) is 4.79 Å². The second-order valence-corrected chi connectivity index (χ2v) is 6.83. The van der Waals surface area contributed by atoms with Crippen molar-refractivity contribution in [1.82, 2.24) is 8.75 Å². The summed E-state index contributed by atoms with van der Waals surface area (Å²) in [6.45, 7) is 3.10. The van der Waals surface area contributed by atoms with E-state index in [1.165, 1.54) is 6.42 Å². The molecule has 0 amide bonds. The average molecular weight is 366 g/mol. The van der Waals surface area contributed by atoms with E-state index in [4.69, 9.17) is 16.3 Å². The highest BCUT2D eigenvalue weighted by molar-refractivity contribution is 6.99. The summed E-state index contributed by atoms with van der Waals surface area (Å²) >= 11 is 6.97. The van der Waals surface area contributed by atoms with Gasteiger partial charge in [0.1, 0.15) is 0 Å². The Morgan fingerprint density at radius 2 is 2.12 bits per heavy atom. The zero-order chi connectivity index (χ0) is 16.9. The number of halogens is 1. The first-order valence-corrected chi connectivity index (χ1v) is 9.30. The van der Waals surface area contributed by atoms with Crippen molar-refractivity contribution in [3.8, 4) is 5.88 Å². The molecule has 0 spiro atoms. The molecule has 1 aliphatic heterocycles. The van der Waals surface area contributed by atoms with Crippen LogP contribution >= 0.6 is 23.3 Å². The Bertz CT molecular complexity index is 689. The lowest BCUT2D eigenvalue weighted by Crippen LogP contribution is -2.39. The maximum Gasteiger partial charge on any atom is 0.271 e. The van der Waals surface area contributed by atoms with Gasteiger partial charge in [0.15, 0.2) is 12.4 Å². The van der Waals surface area contributed by atoms with Crippen LogP contribution in [0.2, 0.25) is 5.02 Å². The Morgan fingerprint density at radius 1 is 1.33 bits per heavy atom. The minimum absolute atomic E-state index is 0.0509. The monoisotopic (exact) mass is 365 g/mol. The molecule has 1 unspecified atom stereocenters. The summed E-state index contributed by atoms with van der Waals surface area (Å²) in [6, 6.07) is 7.27. The van der Waals surface area contributed by atoms with Crippen LogP contribution in [0.1, 0.15) is 43.0 Å². The third kappa shape index (κ3) is 3.87. The quantitative estimate of drug-likeness (QED) is 0.717. The molecule has 0 bridgehead atoms. The number of hydrogen-bond acceptors (Lipinski definition) is 6. The number of nitrogens with zero attached hydrogens (tertiary/aromatic N) is 3. The van der Waals surface area contributed by atoms with Gasteiger partial charge in [0.2, 0.25) is 5.82 Å². The Hall–Kier alpha value is -1.66. The van der Waals surface area contributed by atoms with E-state index in [0.29, 0.717) is 22.5 Å². The number of rotatable bonds is 6. The number of ether oxygens (including phenoxy) is 1. The van der Waals surface area contributed by atoms with Crippen molar-refractivity contribution in [2.24, 2.45) is 0 Å². The average Bonchev–Trinajstić information content (AvgIpc) is 3.08. The van der Waals surface area contributed by atoms with E-state index in [1.807, 2.05) is 0 Å². The van der Waals surface area contributed by atoms with Crippen molar-refractivity contribution >= 4 is 34.9 Å². The second kappa shape index (κ2) is 7.94. The highest BCUT2D eigenvalue weighted by Crippen LogP contribution is 2.32. The van der Waals surface area contributed by atoms with E-state index in [0.717, 1.165) is 43.4 Å². The molecule has 1 atom stereocenters. The molecule has 0 saturated carbocycles. The van der Waals surface area contributed by atoms with E-state index in [2.05, 4.69) is 20.6 Å². The van der Waals surface area contributed by atoms with Crippen LogP contribution in [0.4, 0.5) is 5.82 Å². The van der Waals surface area contributed by atoms with Crippen LogP contribution in [0.15, 0.2) is 24.3 Å². The van der Waals surface area contributed by atoms with Gasteiger partial charge in [-0.05, 0) is 49.9 Å². The Morgan fingerprint density at radius 3 is 2.88 bits per heavy atom. The van der Waals surface area contributed by atoms with Crippen molar-refractivity contribution in [2.45, 2.75) is 38.6 Å². The van der Waals surface area contributed by atoms with Crippen LogP contribution in [0.25, 0.3) is 0 Å². The lowest BCUT2D eigenvalue weighted by molar-refractivity contribution is 0.0919. The predicted molar refractivity (Wildman–Crippen MR) is 96.5 cm³/mol. The minimum atomic E-state index is -0.101. The predicted octanol–water partition coefficient (Wildman–Crippen LogP) is 4.22. The molecular formula is C17H20ClN3O2S. The maximum atomic E-state index is 12.2. The molecule has 1 fully saturated rings. The van der Waals surface area contributed by atoms with Gasteiger partial charge in [-0.25, -0.2) is 0 Å². The Balaban J connectivity index is 1.67. The molecule has 1 aromatic carbocycles. The molecule has 0 aliphatic carbocycles. The Kier molecular flexibility index (Phi) is 5.68. The number of piperidine rings is 1. The van der Waals surface area contributed by atoms with Crippen molar-refractivity contribution in [2.75, 3.05) is 18.1 Å². The second-order valence-electron chi connectivity index (χ2n) is 5.86. The smallest absolute Gasteiger partial charge is 0.271 e. The zero-order valence-corrected chi connectivity index (χ0v) is 15.1. The summed E-state index contributed by atoms with van der Waals surface area (Å²) in [6.07, 6.45) is 4.63. The number of Topliss-reactive ketones (excluding diaryl/α,β-unsaturated/α-hetero) is 1. The highest BCUT2D eigenvalue weighted by atomic mass is 35.5. The van der Waals surface area contributed by atoms with E-state index in [-0.39, 0.29) is 12.4 Å². The first-order chi connectivity index (χ1) is 11.7. The van der Waals surface area contributed by atoms with Crippen molar-refractivity contribution < 1.29 is 9.53 Å². The zero-order valence-electron chi connectivity index (χ0n) is 13.6. The number of aromatic nitrogens is 2. The number of carbonyl (C=O) groups is 1. The van der Waals surface area contributed by atoms with Crippen LogP contribution < -0.4 is 9.64 Å². The topological polar surface area (TPSA) is 55.3 Å². The van der Waals surface area contributed by atoms with Crippen LogP contribution in [0.3, 0.4) is 0 Å². The fraction of sp³-hybridized carbons (Fsp3) is 0.471. The largest absolute Gasteiger partial charge is 0.466 e. The lowest BCUT2D eigenvalue weighted by Gasteiger charge is -2.35. The van der Waals surface area contributed by atoms with Gasteiger partial charge in [-0.2, -0.15) is 4.37 Å². The fourth-order valence-electron chi connectivity index (χ4n) is 3.00. The summed E-state index contributed by atoms with van der Waals surface area (Å²) in [5.41, 5.74) is 0.577. The molecule has 2 heterocycles. The first kappa shape index (κ1) is 17.2. The summed E-state index contributed by atoms with van der Waals surface area (Å²) in [5, 5.41) is 0.606. The summed E-state index contributed by atoms with van der Waals surface area (Å²) < 4.78 is 14.3. The number of anilines is 1. The molecule has 24 heavy (non-hydrogen) atoms. The lowest BCUT2D eigenvalue weighted by atomic mass is 10.0. The summed E-state index contributed by atoms with van der Waals surface area (Å²) in [4.78, 5) is 14.5. The number of ketones is 1. The van der Waals surface area contributed by atoms with Gasteiger partial charge in [0.05, 0.1) is 11.7 Å². The third-order valence-corrected chi connectivity index (χ3v) is 5.07. The standard InChI is InChI=1S/C17H20ClN3O2S/c1-2-14-5-3-4-10-21(14)16-17(20-24-19-16)23-11-15(22)12-6-8-13(18)9-7-12/h6-9,14H,2-5,10-11H2,1H3. The molecule has 1 saturated heterocycles. The molecule has 2 aromatic rings. The van der Waals surface area contributed by atoms with E-state index in [1.54, 1.807) is 24.3 Å². The SMILES string of the molecule is CCC1CCCCN1c1nsnc1OCC(=O)c1ccc(Cl)cc1. The van der Waals surface area contributed by atoms with Crippen LogP contribution in [-0.4, -0.2) is 33.7 Å². The van der Waals surface area contributed by atoms with Crippen molar-refractivity contribution in [3.05, 3.63) is 34.9 Å². The summed E-state index contributed by atoms with van der Waals surface area (Å²) in [5.74, 6) is 1.13.